The van der Waals surface area contributed by atoms with Gasteiger partial charge in [-0.3, -0.25) is 9.59 Å². The standard InChI is InChI=1S/C16H20BrN3O2.ClH/c17-11-3-4-13(14(18)9-11)15(21)19-12-5-7-20(8-6-12)16(22)10-1-2-10;/h3-4,9-10,12H,1-2,5-8,18H2,(H,19,21);1H. The number of nitrogens with two attached hydrogens (primary N) is 1. The van der Waals surface area contributed by atoms with Gasteiger partial charge in [0.25, 0.3) is 5.91 Å². The van der Waals surface area contributed by atoms with Crippen LogP contribution in [-0.4, -0.2) is 35.8 Å². The summed E-state index contributed by atoms with van der Waals surface area (Å²) >= 11 is 3.33. The summed E-state index contributed by atoms with van der Waals surface area (Å²) in [6, 6.07) is 5.37. The number of carbonyl (C=O) groups excluding carboxylic acids is 2. The molecule has 1 aliphatic carbocycles. The first-order valence-corrected chi connectivity index (χ1v) is 8.48. The maximum absolute atomic E-state index is 12.3. The molecule has 1 heterocycles. The molecule has 0 spiro atoms. The molecule has 1 aliphatic heterocycles. The van der Waals surface area contributed by atoms with Crippen molar-refractivity contribution >= 4 is 45.8 Å². The lowest BCUT2D eigenvalue weighted by atomic mass is 10.0. The van der Waals surface area contributed by atoms with Crippen LogP contribution in [0.15, 0.2) is 22.7 Å². The van der Waals surface area contributed by atoms with Crippen LogP contribution < -0.4 is 11.1 Å². The minimum Gasteiger partial charge on any atom is -0.398 e. The van der Waals surface area contributed by atoms with Crippen LogP contribution in [-0.2, 0) is 4.79 Å². The Morgan fingerprint density at radius 2 is 1.83 bits per heavy atom. The summed E-state index contributed by atoms with van der Waals surface area (Å²) in [5.41, 5.74) is 6.85. The summed E-state index contributed by atoms with van der Waals surface area (Å²) < 4.78 is 0.855. The van der Waals surface area contributed by atoms with Crippen molar-refractivity contribution in [3.05, 3.63) is 28.2 Å². The quantitative estimate of drug-likeness (QED) is 0.763. The number of piperidine rings is 1. The fourth-order valence-corrected chi connectivity index (χ4v) is 3.22. The first-order valence-electron chi connectivity index (χ1n) is 7.69. The summed E-state index contributed by atoms with van der Waals surface area (Å²) in [5, 5.41) is 3.03. The maximum atomic E-state index is 12.3. The Bertz CT molecular complexity index is 599. The number of benzene rings is 1. The van der Waals surface area contributed by atoms with Crippen LogP contribution in [0.3, 0.4) is 0 Å². The number of rotatable bonds is 3. The van der Waals surface area contributed by atoms with Crippen molar-refractivity contribution in [1.82, 2.24) is 10.2 Å². The highest BCUT2D eigenvalue weighted by Crippen LogP contribution is 2.32. The van der Waals surface area contributed by atoms with Gasteiger partial charge in [-0.05, 0) is 43.9 Å². The Kier molecular flexibility index (Phi) is 5.92. The van der Waals surface area contributed by atoms with Crippen molar-refractivity contribution in [3.63, 3.8) is 0 Å². The highest BCUT2D eigenvalue weighted by Gasteiger charge is 2.35. The zero-order chi connectivity index (χ0) is 15.7. The Labute approximate surface area is 150 Å². The molecule has 5 nitrogen and oxygen atoms in total. The molecule has 7 heteroatoms. The van der Waals surface area contributed by atoms with E-state index in [1.54, 1.807) is 12.1 Å². The molecule has 1 aromatic rings. The number of amides is 2. The van der Waals surface area contributed by atoms with Gasteiger partial charge in [-0.25, -0.2) is 0 Å². The van der Waals surface area contributed by atoms with Crippen molar-refractivity contribution in [3.8, 4) is 0 Å². The van der Waals surface area contributed by atoms with Crippen molar-refractivity contribution in [2.45, 2.75) is 31.7 Å². The monoisotopic (exact) mass is 401 g/mol. The second-order valence-electron chi connectivity index (χ2n) is 6.08. The molecule has 0 aromatic heterocycles. The van der Waals surface area contributed by atoms with Gasteiger partial charge in [-0.1, -0.05) is 15.9 Å². The first kappa shape index (κ1) is 18.1. The van der Waals surface area contributed by atoms with Gasteiger partial charge >= 0.3 is 0 Å². The van der Waals surface area contributed by atoms with E-state index in [0.717, 1.165) is 43.2 Å². The molecule has 2 amide bonds. The van der Waals surface area contributed by atoms with Crippen LogP contribution in [0, 0.1) is 5.92 Å². The highest BCUT2D eigenvalue weighted by molar-refractivity contribution is 9.10. The van der Waals surface area contributed by atoms with Crippen molar-refractivity contribution in [2.24, 2.45) is 5.92 Å². The number of nitrogens with one attached hydrogen (secondary N) is 1. The van der Waals surface area contributed by atoms with Gasteiger partial charge in [0.15, 0.2) is 0 Å². The van der Waals surface area contributed by atoms with Gasteiger partial charge in [-0.2, -0.15) is 0 Å². The maximum Gasteiger partial charge on any atom is 0.253 e. The second-order valence-corrected chi connectivity index (χ2v) is 6.99. The molecule has 3 rings (SSSR count). The van der Waals surface area contributed by atoms with Crippen molar-refractivity contribution < 1.29 is 9.59 Å². The lowest BCUT2D eigenvalue weighted by Crippen LogP contribution is -2.47. The summed E-state index contributed by atoms with van der Waals surface area (Å²) in [4.78, 5) is 26.2. The van der Waals surface area contributed by atoms with Gasteiger partial charge in [0.1, 0.15) is 0 Å². The molecule has 0 bridgehead atoms. The molecule has 1 saturated carbocycles. The predicted molar refractivity (Wildman–Crippen MR) is 95.6 cm³/mol. The van der Waals surface area contributed by atoms with Gasteiger partial charge in [0.05, 0.1) is 5.56 Å². The minimum atomic E-state index is -0.142. The minimum absolute atomic E-state index is 0. The molecule has 23 heavy (non-hydrogen) atoms. The number of halogens is 2. The van der Waals surface area contributed by atoms with Crippen LogP contribution >= 0.6 is 28.3 Å². The van der Waals surface area contributed by atoms with E-state index in [9.17, 15) is 9.59 Å². The molecule has 0 radical (unpaired) electrons. The molecule has 0 atom stereocenters. The Balaban J connectivity index is 0.00000192. The van der Waals surface area contributed by atoms with Crippen LogP contribution in [0.25, 0.3) is 0 Å². The van der Waals surface area contributed by atoms with E-state index in [1.165, 1.54) is 0 Å². The molecule has 0 unspecified atom stereocenters. The van der Waals surface area contributed by atoms with Crippen LogP contribution in [0.5, 0.6) is 0 Å². The van der Waals surface area contributed by atoms with Gasteiger partial charge in [0, 0.05) is 35.2 Å². The van der Waals surface area contributed by atoms with Gasteiger partial charge < -0.3 is 16.0 Å². The van der Waals surface area contributed by atoms with Gasteiger partial charge in [-0.15, -0.1) is 12.4 Å². The number of likely N-dealkylation sites (tertiary alicyclic amines) is 1. The fraction of sp³-hybridized carbons (Fsp3) is 0.500. The number of carbonyl (C=O) groups is 2. The predicted octanol–water partition coefficient (Wildman–Crippen LogP) is 2.58. The average molecular weight is 403 g/mol. The molecule has 126 valence electrons. The van der Waals surface area contributed by atoms with E-state index in [4.69, 9.17) is 5.73 Å². The number of anilines is 1. The topological polar surface area (TPSA) is 75.4 Å². The summed E-state index contributed by atoms with van der Waals surface area (Å²) in [5.74, 6) is 0.424. The lowest BCUT2D eigenvalue weighted by Gasteiger charge is -2.32. The van der Waals surface area contributed by atoms with E-state index < -0.39 is 0 Å². The average Bonchev–Trinajstić information content (AvgIpc) is 3.31. The molecular formula is C16H21BrClN3O2. The normalized spacial score (nSPS) is 18.2. The van der Waals surface area contributed by atoms with E-state index in [-0.39, 0.29) is 30.3 Å². The summed E-state index contributed by atoms with van der Waals surface area (Å²) in [6.45, 7) is 1.46. The Morgan fingerprint density at radius 1 is 1.17 bits per heavy atom. The summed E-state index contributed by atoms with van der Waals surface area (Å²) in [7, 11) is 0. The largest absolute Gasteiger partial charge is 0.398 e. The zero-order valence-corrected chi connectivity index (χ0v) is 15.2. The number of nitrogens with zero attached hydrogens (tertiary/aromatic N) is 1. The van der Waals surface area contributed by atoms with E-state index in [1.807, 2.05) is 11.0 Å². The third kappa shape index (κ3) is 4.38. The first-order chi connectivity index (χ1) is 10.5. The molecule has 2 aliphatic rings. The zero-order valence-electron chi connectivity index (χ0n) is 12.8. The number of hydrogen-bond acceptors (Lipinski definition) is 3. The SMILES string of the molecule is Cl.Nc1cc(Br)ccc1C(=O)NC1CCN(C(=O)C2CC2)CC1. The molecule has 2 fully saturated rings. The van der Waals surface area contributed by atoms with E-state index >= 15 is 0 Å². The molecule has 1 saturated heterocycles. The Hall–Kier alpha value is -1.27. The third-order valence-corrected chi connectivity index (χ3v) is 4.82. The smallest absolute Gasteiger partial charge is 0.253 e. The highest BCUT2D eigenvalue weighted by atomic mass is 79.9. The summed E-state index contributed by atoms with van der Waals surface area (Å²) in [6.07, 6.45) is 3.69. The van der Waals surface area contributed by atoms with Crippen LogP contribution in [0.2, 0.25) is 0 Å². The van der Waals surface area contributed by atoms with Crippen LogP contribution in [0.4, 0.5) is 5.69 Å². The Morgan fingerprint density at radius 3 is 2.39 bits per heavy atom. The van der Waals surface area contributed by atoms with Crippen LogP contribution in [0.1, 0.15) is 36.0 Å². The second kappa shape index (κ2) is 7.53. The van der Waals surface area contributed by atoms with Crippen molar-refractivity contribution in [1.29, 1.82) is 0 Å². The molecule has 3 N–H and O–H groups in total. The fourth-order valence-electron chi connectivity index (χ4n) is 2.84. The number of nitrogen functional groups attached to an aromatic ring is 1. The molecule has 1 aromatic carbocycles. The van der Waals surface area contributed by atoms with Crippen molar-refractivity contribution in [2.75, 3.05) is 18.8 Å². The number of hydrogen-bond donors (Lipinski definition) is 2. The molecular weight excluding hydrogens is 382 g/mol. The third-order valence-electron chi connectivity index (χ3n) is 4.33. The van der Waals surface area contributed by atoms with E-state index in [2.05, 4.69) is 21.2 Å². The van der Waals surface area contributed by atoms with E-state index in [0.29, 0.717) is 17.2 Å². The van der Waals surface area contributed by atoms with Gasteiger partial charge in [0.2, 0.25) is 5.91 Å². The lowest BCUT2D eigenvalue weighted by molar-refractivity contribution is -0.133.